The van der Waals surface area contributed by atoms with Gasteiger partial charge in [-0.3, -0.25) is 4.79 Å². The zero-order chi connectivity index (χ0) is 12.8. The highest BCUT2D eigenvalue weighted by Gasteiger charge is 2.30. The van der Waals surface area contributed by atoms with Crippen molar-refractivity contribution < 1.29 is 14.6 Å². The van der Waals surface area contributed by atoms with Crippen LogP contribution in [0.5, 0.6) is 0 Å². The van der Waals surface area contributed by atoms with Gasteiger partial charge in [-0.1, -0.05) is 6.92 Å². The summed E-state index contributed by atoms with van der Waals surface area (Å²) in [6.45, 7) is 6.13. The molecular weight excluding hydrogens is 224 g/mol. The normalized spacial score (nSPS) is 15.8. The Morgan fingerprint density at radius 3 is 2.44 bits per heavy atom. The molecule has 0 bridgehead atoms. The van der Waals surface area contributed by atoms with Crippen LogP contribution >= 0.6 is 11.8 Å². The van der Waals surface area contributed by atoms with E-state index >= 15 is 0 Å². The molecular formula is C12H24O3S. The van der Waals surface area contributed by atoms with Crippen LogP contribution in [-0.4, -0.2) is 35.8 Å². The quantitative estimate of drug-likeness (QED) is 0.717. The summed E-state index contributed by atoms with van der Waals surface area (Å²) in [5, 5.41) is 8.75. The largest absolute Gasteiger partial charge is 0.481 e. The summed E-state index contributed by atoms with van der Waals surface area (Å²) in [6.07, 6.45) is 3.21. The Kier molecular flexibility index (Phi) is 7.07. The molecule has 0 saturated heterocycles. The first-order valence-electron chi connectivity index (χ1n) is 5.59. The Morgan fingerprint density at radius 2 is 2.06 bits per heavy atom. The lowest BCUT2D eigenvalue weighted by Crippen LogP contribution is -2.36. The second kappa shape index (κ2) is 7.17. The number of carboxylic acid groups (broad SMARTS) is 1. The molecule has 3 nitrogen and oxygen atoms in total. The lowest BCUT2D eigenvalue weighted by Gasteiger charge is -2.34. The molecule has 0 heterocycles. The van der Waals surface area contributed by atoms with E-state index < -0.39 is 5.97 Å². The van der Waals surface area contributed by atoms with Gasteiger partial charge in [0, 0.05) is 13.5 Å². The monoisotopic (exact) mass is 248 g/mol. The summed E-state index contributed by atoms with van der Waals surface area (Å²) >= 11 is 1.79. The number of rotatable bonds is 8. The fraction of sp³-hybridized carbons (Fsp3) is 0.917. The fourth-order valence-corrected chi connectivity index (χ4v) is 2.73. The maximum absolute atomic E-state index is 10.6. The van der Waals surface area contributed by atoms with Crippen LogP contribution in [0.1, 0.15) is 33.6 Å². The molecule has 0 amide bonds. The number of aliphatic carboxylic acids is 1. The molecule has 0 saturated carbocycles. The van der Waals surface area contributed by atoms with Crippen molar-refractivity contribution >= 4 is 17.7 Å². The average molecular weight is 248 g/mol. The van der Waals surface area contributed by atoms with Crippen molar-refractivity contribution in [1.82, 2.24) is 0 Å². The zero-order valence-corrected chi connectivity index (χ0v) is 11.8. The molecule has 0 aliphatic heterocycles. The SMILES string of the molecule is COC(C)(C)C(CSC)CC(C)CC(=O)O. The smallest absolute Gasteiger partial charge is 0.303 e. The minimum absolute atomic E-state index is 0.185. The minimum atomic E-state index is -0.717. The van der Waals surface area contributed by atoms with Gasteiger partial charge in [-0.15, -0.1) is 0 Å². The molecule has 0 radical (unpaired) electrons. The molecule has 0 aliphatic rings. The van der Waals surface area contributed by atoms with E-state index in [0.717, 1.165) is 12.2 Å². The summed E-state index contributed by atoms with van der Waals surface area (Å²) in [4.78, 5) is 10.6. The molecule has 0 rings (SSSR count). The zero-order valence-electron chi connectivity index (χ0n) is 10.9. The number of carbonyl (C=O) groups is 1. The van der Waals surface area contributed by atoms with E-state index in [9.17, 15) is 4.79 Å². The van der Waals surface area contributed by atoms with Crippen molar-refractivity contribution in [1.29, 1.82) is 0 Å². The van der Waals surface area contributed by atoms with Crippen LogP contribution in [0, 0.1) is 11.8 Å². The van der Waals surface area contributed by atoms with E-state index in [4.69, 9.17) is 9.84 Å². The molecule has 0 aromatic rings. The van der Waals surface area contributed by atoms with Gasteiger partial charge in [0.2, 0.25) is 0 Å². The summed E-state index contributed by atoms with van der Waals surface area (Å²) < 4.78 is 5.50. The summed E-state index contributed by atoms with van der Waals surface area (Å²) in [5.74, 6) is 0.877. The minimum Gasteiger partial charge on any atom is -0.481 e. The standard InChI is InChI=1S/C12H24O3S/c1-9(7-11(13)14)6-10(8-16-5)12(2,3)15-4/h9-10H,6-8H2,1-5H3,(H,13,14). The average Bonchev–Trinajstić information content (AvgIpc) is 2.16. The third-order valence-electron chi connectivity index (χ3n) is 3.09. The second-order valence-corrected chi connectivity index (χ2v) is 5.81. The topological polar surface area (TPSA) is 46.5 Å². The lowest BCUT2D eigenvalue weighted by atomic mass is 9.84. The maximum atomic E-state index is 10.6. The molecule has 0 aromatic carbocycles. The van der Waals surface area contributed by atoms with E-state index in [1.807, 2.05) is 6.92 Å². The Balaban J connectivity index is 4.38. The van der Waals surface area contributed by atoms with E-state index in [2.05, 4.69) is 20.1 Å². The van der Waals surface area contributed by atoms with Gasteiger partial charge in [0.1, 0.15) is 0 Å². The number of hydrogen-bond donors (Lipinski definition) is 1. The predicted octanol–water partition coefficient (Wildman–Crippen LogP) is 2.89. The fourth-order valence-electron chi connectivity index (χ4n) is 1.79. The molecule has 16 heavy (non-hydrogen) atoms. The molecule has 0 fully saturated rings. The number of thioether (sulfide) groups is 1. The van der Waals surface area contributed by atoms with Gasteiger partial charge >= 0.3 is 5.97 Å². The van der Waals surface area contributed by atoms with Crippen LogP contribution < -0.4 is 0 Å². The molecule has 0 spiro atoms. The van der Waals surface area contributed by atoms with Gasteiger partial charge in [0.05, 0.1) is 5.60 Å². The second-order valence-electron chi connectivity index (χ2n) is 4.90. The molecule has 0 aliphatic carbocycles. The maximum Gasteiger partial charge on any atom is 0.303 e. The van der Waals surface area contributed by atoms with Crippen molar-refractivity contribution in [3.8, 4) is 0 Å². The third kappa shape index (κ3) is 5.75. The Hall–Kier alpha value is -0.220. The highest BCUT2D eigenvalue weighted by atomic mass is 32.2. The molecule has 2 unspecified atom stereocenters. The third-order valence-corrected chi connectivity index (χ3v) is 3.82. The first kappa shape index (κ1) is 15.8. The first-order chi connectivity index (χ1) is 7.33. The van der Waals surface area contributed by atoms with Crippen molar-refractivity contribution in [3.05, 3.63) is 0 Å². The Morgan fingerprint density at radius 1 is 1.50 bits per heavy atom. The number of methoxy groups -OCH3 is 1. The molecule has 0 aromatic heterocycles. The van der Waals surface area contributed by atoms with Crippen LogP contribution in [0.4, 0.5) is 0 Å². The highest BCUT2D eigenvalue weighted by molar-refractivity contribution is 7.98. The molecule has 2 atom stereocenters. The number of carboxylic acids is 1. The number of hydrogen-bond acceptors (Lipinski definition) is 3. The summed E-state index contributed by atoms with van der Waals surface area (Å²) in [6, 6.07) is 0. The Labute approximate surface area is 103 Å². The van der Waals surface area contributed by atoms with Crippen molar-refractivity contribution in [3.63, 3.8) is 0 Å². The van der Waals surface area contributed by atoms with Crippen LogP contribution in [0.2, 0.25) is 0 Å². The van der Waals surface area contributed by atoms with E-state index in [1.165, 1.54) is 0 Å². The molecule has 1 N–H and O–H groups in total. The van der Waals surface area contributed by atoms with Crippen LogP contribution in [-0.2, 0) is 9.53 Å². The predicted molar refractivity (Wildman–Crippen MR) is 69.0 cm³/mol. The lowest BCUT2D eigenvalue weighted by molar-refractivity contribution is -0.138. The summed E-state index contributed by atoms with van der Waals surface area (Å²) in [5.41, 5.74) is -0.185. The molecule has 96 valence electrons. The highest BCUT2D eigenvalue weighted by Crippen LogP contribution is 2.30. The van der Waals surface area contributed by atoms with E-state index in [1.54, 1.807) is 18.9 Å². The van der Waals surface area contributed by atoms with Gasteiger partial charge in [-0.25, -0.2) is 0 Å². The van der Waals surface area contributed by atoms with Gasteiger partial charge in [-0.2, -0.15) is 11.8 Å². The van der Waals surface area contributed by atoms with E-state index in [0.29, 0.717) is 5.92 Å². The van der Waals surface area contributed by atoms with Crippen LogP contribution in [0.3, 0.4) is 0 Å². The van der Waals surface area contributed by atoms with Crippen LogP contribution in [0.25, 0.3) is 0 Å². The van der Waals surface area contributed by atoms with Gasteiger partial charge in [-0.05, 0) is 44.1 Å². The number of ether oxygens (including phenoxy) is 1. The van der Waals surface area contributed by atoms with Crippen molar-refractivity contribution in [2.75, 3.05) is 19.1 Å². The summed E-state index contributed by atoms with van der Waals surface area (Å²) in [7, 11) is 1.72. The van der Waals surface area contributed by atoms with Crippen molar-refractivity contribution in [2.45, 2.75) is 39.2 Å². The first-order valence-corrected chi connectivity index (χ1v) is 6.98. The Bertz CT molecular complexity index is 216. The van der Waals surface area contributed by atoms with Gasteiger partial charge in [0.15, 0.2) is 0 Å². The van der Waals surface area contributed by atoms with Gasteiger partial charge < -0.3 is 9.84 Å². The van der Waals surface area contributed by atoms with Crippen LogP contribution in [0.15, 0.2) is 0 Å². The van der Waals surface area contributed by atoms with Crippen molar-refractivity contribution in [2.24, 2.45) is 11.8 Å². The molecule has 4 heteroatoms. The van der Waals surface area contributed by atoms with E-state index in [-0.39, 0.29) is 17.9 Å². The van der Waals surface area contributed by atoms with Gasteiger partial charge in [0.25, 0.3) is 0 Å².